The molecule has 1 aromatic rings. The third-order valence-electron chi connectivity index (χ3n) is 4.45. The van der Waals surface area contributed by atoms with E-state index in [0.717, 1.165) is 12.8 Å². The number of rotatable bonds is 5. The Morgan fingerprint density at radius 3 is 2.52 bits per heavy atom. The fourth-order valence-electron chi connectivity index (χ4n) is 3.22. The first-order valence-electron chi connectivity index (χ1n) is 7.81. The van der Waals surface area contributed by atoms with Crippen LogP contribution < -0.4 is 19.9 Å². The Kier molecular flexibility index (Phi) is 5.95. The molecule has 0 spiro atoms. The highest BCUT2D eigenvalue weighted by Crippen LogP contribution is 2.39. The molecule has 2 aliphatic rings. The van der Waals surface area contributed by atoms with Crippen molar-refractivity contribution in [2.45, 2.75) is 44.4 Å². The van der Waals surface area contributed by atoms with E-state index < -0.39 is 12.2 Å². The molecule has 1 aromatic carbocycles. The van der Waals surface area contributed by atoms with E-state index in [1.165, 1.54) is 11.0 Å². The van der Waals surface area contributed by atoms with Gasteiger partial charge in [-0.1, -0.05) is 12.8 Å². The van der Waals surface area contributed by atoms with Gasteiger partial charge in [-0.2, -0.15) is 8.78 Å². The molecule has 2 N–H and O–H groups in total. The highest BCUT2D eigenvalue weighted by atomic mass is 35.5. The molecule has 3 rings (SSSR count). The lowest BCUT2D eigenvalue weighted by atomic mass is 9.97. The molecule has 1 saturated carbocycles. The van der Waals surface area contributed by atoms with Gasteiger partial charge < -0.3 is 24.8 Å². The number of fused-ring (bicyclic) bond motifs is 1. The summed E-state index contributed by atoms with van der Waals surface area (Å²) in [4.78, 5) is 14.0. The Morgan fingerprint density at radius 2 is 1.92 bits per heavy atom. The second-order valence-electron chi connectivity index (χ2n) is 6.22. The fraction of sp³-hybridized carbons (Fsp3) is 0.562. The monoisotopic (exact) mass is 378 g/mol. The molecule has 0 unspecified atom stereocenters. The largest absolute Gasteiger partial charge is 0.454 e. The van der Waals surface area contributed by atoms with Gasteiger partial charge in [0.25, 0.3) is 0 Å². The summed E-state index contributed by atoms with van der Waals surface area (Å²) in [6, 6.07) is 2.91. The number of nitrogens with two attached hydrogens (primary N) is 1. The zero-order valence-corrected chi connectivity index (χ0v) is 14.6. The summed E-state index contributed by atoms with van der Waals surface area (Å²) in [5, 5.41) is 0. The Balaban J connectivity index is 0.00000225. The summed E-state index contributed by atoms with van der Waals surface area (Å²) in [7, 11) is 1.60. The number of benzene rings is 1. The summed E-state index contributed by atoms with van der Waals surface area (Å²) in [6.45, 7) is -2.86. The lowest BCUT2D eigenvalue weighted by molar-refractivity contribution is -0.136. The second-order valence-corrected chi connectivity index (χ2v) is 6.22. The number of carbonyl (C=O) groups excluding carboxylic acids is 1. The van der Waals surface area contributed by atoms with E-state index in [1.807, 2.05) is 0 Å². The maximum atomic E-state index is 12.7. The van der Waals surface area contributed by atoms with Gasteiger partial charge in [-0.15, -0.1) is 12.4 Å². The Hall–Kier alpha value is -1.80. The molecule has 0 radical (unpaired) electrons. The van der Waals surface area contributed by atoms with Crippen molar-refractivity contribution in [2.24, 2.45) is 5.73 Å². The number of hydrogen-bond donors (Lipinski definition) is 1. The van der Waals surface area contributed by atoms with Gasteiger partial charge in [-0.3, -0.25) is 4.79 Å². The molecule has 6 nitrogen and oxygen atoms in total. The molecule has 1 fully saturated rings. The van der Waals surface area contributed by atoms with Crippen LogP contribution in [0, 0.1) is 0 Å². The van der Waals surface area contributed by atoms with Gasteiger partial charge in [0, 0.05) is 25.2 Å². The molecule has 9 heteroatoms. The van der Waals surface area contributed by atoms with Gasteiger partial charge in [0.1, 0.15) is 5.75 Å². The van der Waals surface area contributed by atoms with Crippen molar-refractivity contribution in [3.8, 4) is 17.2 Å². The molecule has 1 heterocycles. The molecule has 140 valence electrons. The van der Waals surface area contributed by atoms with E-state index >= 15 is 0 Å². The van der Waals surface area contributed by atoms with Crippen LogP contribution in [0.5, 0.6) is 17.2 Å². The van der Waals surface area contributed by atoms with Crippen LogP contribution in [0.2, 0.25) is 0 Å². The molecule has 1 aliphatic heterocycles. The van der Waals surface area contributed by atoms with E-state index in [2.05, 4.69) is 4.74 Å². The summed E-state index contributed by atoms with van der Waals surface area (Å²) < 4.78 is 40.3. The number of carbonyl (C=O) groups is 1. The van der Waals surface area contributed by atoms with Gasteiger partial charge in [-0.25, -0.2) is 0 Å². The average molecular weight is 379 g/mol. The average Bonchev–Trinajstić information content (AvgIpc) is 3.15. The maximum Gasteiger partial charge on any atom is 0.387 e. The molecule has 25 heavy (non-hydrogen) atoms. The SMILES string of the molecule is CN(Cc1cc2c(cc1OC(F)F)OCO2)C(=O)C1(N)CCCC1.Cl. The zero-order chi connectivity index (χ0) is 17.3. The van der Waals surface area contributed by atoms with Crippen molar-refractivity contribution in [3.63, 3.8) is 0 Å². The molecule has 0 bridgehead atoms. The highest BCUT2D eigenvalue weighted by Gasteiger charge is 2.39. The number of nitrogens with zero attached hydrogens (tertiary/aromatic N) is 1. The van der Waals surface area contributed by atoms with Crippen LogP contribution in [0.25, 0.3) is 0 Å². The number of likely N-dealkylation sites (N-methyl/N-ethyl adjacent to an activating group) is 1. The first-order chi connectivity index (χ1) is 11.4. The number of alkyl halides is 2. The molecule has 0 aromatic heterocycles. The molecule has 1 aliphatic carbocycles. The zero-order valence-electron chi connectivity index (χ0n) is 13.8. The molecule has 0 atom stereocenters. The highest BCUT2D eigenvalue weighted by molar-refractivity contribution is 5.86. The van der Waals surface area contributed by atoms with Crippen molar-refractivity contribution < 1.29 is 27.8 Å². The van der Waals surface area contributed by atoms with Crippen LogP contribution >= 0.6 is 12.4 Å². The van der Waals surface area contributed by atoms with E-state index in [9.17, 15) is 13.6 Å². The predicted molar refractivity (Wildman–Crippen MR) is 88.3 cm³/mol. The van der Waals surface area contributed by atoms with Gasteiger partial charge >= 0.3 is 6.61 Å². The summed E-state index contributed by atoms with van der Waals surface area (Å²) in [5.41, 5.74) is 5.73. The number of hydrogen-bond acceptors (Lipinski definition) is 5. The molecular formula is C16H21ClF2N2O4. The Morgan fingerprint density at radius 1 is 1.32 bits per heavy atom. The maximum absolute atomic E-state index is 12.7. The van der Waals surface area contributed by atoms with E-state index in [4.69, 9.17) is 15.2 Å². The summed E-state index contributed by atoms with van der Waals surface area (Å²) in [5.74, 6) is 0.553. The van der Waals surface area contributed by atoms with E-state index in [0.29, 0.717) is 29.9 Å². The van der Waals surface area contributed by atoms with Gasteiger partial charge in [-0.05, 0) is 18.9 Å². The van der Waals surface area contributed by atoms with Crippen LogP contribution in [0.3, 0.4) is 0 Å². The second kappa shape index (κ2) is 7.61. The van der Waals surface area contributed by atoms with Gasteiger partial charge in [0.05, 0.1) is 5.54 Å². The third kappa shape index (κ3) is 4.07. The summed E-state index contributed by atoms with van der Waals surface area (Å²) in [6.07, 6.45) is 3.11. The smallest absolute Gasteiger partial charge is 0.387 e. The van der Waals surface area contributed by atoms with Gasteiger partial charge in [0.2, 0.25) is 12.7 Å². The topological polar surface area (TPSA) is 74.0 Å². The molecule has 1 amide bonds. The van der Waals surface area contributed by atoms with Crippen molar-refractivity contribution in [2.75, 3.05) is 13.8 Å². The fourth-order valence-corrected chi connectivity index (χ4v) is 3.22. The summed E-state index contributed by atoms with van der Waals surface area (Å²) >= 11 is 0. The van der Waals surface area contributed by atoms with Crippen molar-refractivity contribution in [1.82, 2.24) is 4.90 Å². The van der Waals surface area contributed by atoms with Gasteiger partial charge in [0.15, 0.2) is 11.5 Å². The third-order valence-corrected chi connectivity index (χ3v) is 4.45. The number of amides is 1. The first-order valence-corrected chi connectivity index (χ1v) is 7.81. The van der Waals surface area contributed by atoms with E-state index in [-0.39, 0.29) is 37.4 Å². The predicted octanol–water partition coefficient (Wildman–Crippen LogP) is 2.67. The lowest BCUT2D eigenvalue weighted by Crippen LogP contribution is -2.52. The Labute approximate surface area is 150 Å². The Bertz CT molecular complexity index is 639. The quantitative estimate of drug-likeness (QED) is 0.852. The molecule has 0 saturated heterocycles. The first kappa shape index (κ1) is 19.5. The number of ether oxygens (including phenoxy) is 3. The van der Waals surface area contributed by atoms with Crippen LogP contribution in [-0.4, -0.2) is 36.8 Å². The minimum absolute atomic E-state index is 0. The minimum Gasteiger partial charge on any atom is -0.454 e. The number of halogens is 3. The van der Waals surface area contributed by atoms with Crippen molar-refractivity contribution in [3.05, 3.63) is 17.7 Å². The lowest BCUT2D eigenvalue weighted by Gasteiger charge is -2.29. The molecular weight excluding hydrogens is 358 g/mol. The van der Waals surface area contributed by atoms with Crippen LogP contribution in [0.1, 0.15) is 31.2 Å². The normalized spacial score (nSPS) is 17.3. The van der Waals surface area contributed by atoms with Crippen LogP contribution in [0.4, 0.5) is 8.78 Å². The minimum atomic E-state index is -2.97. The standard InChI is InChI=1S/C16H20F2N2O4.ClH/c1-20(14(21)16(19)4-2-3-5-16)8-10-6-12-13(23-9-22-12)7-11(10)24-15(17)18;/h6-7,15H,2-5,8-9,19H2,1H3;1H. The van der Waals surface area contributed by atoms with Crippen LogP contribution in [0.15, 0.2) is 12.1 Å². The van der Waals surface area contributed by atoms with Crippen LogP contribution in [-0.2, 0) is 11.3 Å². The van der Waals surface area contributed by atoms with E-state index in [1.54, 1.807) is 13.1 Å². The van der Waals surface area contributed by atoms with Crippen molar-refractivity contribution >= 4 is 18.3 Å². The van der Waals surface area contributed by atoms with Crippen molar-refractivity contribution in [1.29, 1.82) is 0 Å².